The van der Waals surface area contributed by atoms with Gasteiger partial charge in [0.25, 0.3) is 0 Å². The molecule has 0 aliphatic carbocycles. The van der Waals surface area contributed by atoms with Crippen molar-refractivity contribution in [3.63, 3.8) is 0 Å². The van der Waals surface area contributed by atoms with Crippen LogP contribution in [0.1, 0.15) is 6.42 Å². The van der Waals surface area contributed by atoms with Gasteiger partial charge in [0.05, 0.1) is 24.5 Å². The van der Waals surface area contributed by atoms with Gasteiger partial charge in [0.15, 0.2) is 0 Å². The molecule has 0 saturated carbocycles. The number of benzene rings is 1. The molecular weight excluding hydrogens is 282 g/mol. The number of ether oxygens (including phenoxy) is 1. The summed E-state index contributed by atoms with van der Waals surface area (Å²) in [5.74, 6) is -0.251. The van der Waals surface area contributed by atoms with Crippen molar-refractivity contribution in [2.24, 2.45) is 5.73 Å². The van der Waals surface area contributed by atoms with Gasteiger partial charge >= 0.3 is 0 Å². The van der Waals surface area contributed by atoms with Crippen LogP contribution in [0.2, 0.25) is 0 Å². The smallest absolute Gasteiger partial charge is 0.229 e. The van der Waals surface area contributed by atoms with Crippen LogP contribution in [0, 0.1) is 0 Å². The van der Waals surface area contributed by atoms with Gasteiger partial charge in [-0.05, 0) is 18.2 Å². The van der Waals surface area contributed by atoms with Gasteiger partial charge in [-0.3, -0.25) is 9.52 Å². The maximum Gasteiger partial charge on any atom is 0.229 e. The topological polar surface area (TPSA) is 111 Å². The molecule has 1 amide bonds. The quantitative estimate of drug-likeness (QED) is 0.673. The molecular formula is C12H19N3O4S. The van der Waals surface area contributed by atoms with Crippen molar-refractivity contribution in [1.82, 2.24) is 0 Å². The molecule has 0 aliphatic heterocycles. The van der Waals surface area contributed by atoms with Crippen molar-refractivity contribution in [2.75, 3.05) is 29.9 Å². The molecule has 0 radical (unpaired) electrons. The van der Waals surface area contributed by atoms with E-state index in [0.29, 0.717) is 11.4 Å². The van der Waals surface area contributed by atoms with E-state index in [1.807, 2.05) is 0 Å². The molecule has 7 nitrogen and oxygen atoms in total. The number of methoxy groups -OCH3 is 1. The number of anilines is 2. The van der Waals surface area contributed by atoms with Crippen LogP contribution in [0.15, 0.2) is 24.3 Å². The van der Waals surface area contributed by atoms with Crippen LogP contribution < -0.4 is 15.8 Å². The molecule has 0 aliphatic rings. The van der Waals surface area contributed by atoms with Gasteiger partial charge in [0.2, 0.25) is 15.9 Å². The molecule has 20 heavy (non-hydrogen) atoms. The highest BCUT2D eigenvalue weighted by atomic mass is 32.2. The van der Waals surface area contributed by atoms with Crippen molar-refractivity contribution >= 4 is 27.3 Å². The first-order chi connectivity index (χ1) is 9.34. The summed E-state index contributed by atoms with van der Waals surface area (Å²) in [5.41, 5.74) is 6.31. The van der Waals surface area contributed by atoms with Crippen LogP contribution in [0.4, 0.5) is 11.4 Å². The number of hydrogen-bond donors (Lipinski definition) is 3. The Balaban J connectivity index is 2.68. The maximum atomic E-state index is 11.8. The average Bonchev–Trinajstić information content (AvgIpc) is 2.34. The molecule has 1 rings (SSSR count). The summed E-state index contributed by atoms with van der Waals surface area (Å²) in [6.45, 7) is 0.250. The summed E-state index contributed by atoms with van der Waals surface area (Å²) in [6.07, 6.45) is 0.853. The van der Waals surface area contributed by atoms with E-state index in [0.717, 1.165) is 6.26 Å². The lowest BCUT2D eigenvalue weighted by atomic mass is 10.2. The fraction of sp³-hybridized carbons (Fsp3) is 0.417. The van der Waals surface area contributed by atoms with Gasteiger partial charge in [0.1, 0.15) is 0 Å². The lowest BCUT2D eigenvalue weighted by Gasteiger charge is -2.13. The largest absolute Gasteiger partial charge is 0.380 e. The second-order valence-electron chi connectivity index (χ2n) is 4.30. The zero-order valence-electron chi connectivity index (χ0n) is 11.4. The molecule has 112 valence electrons. The van der Waals surface area contributed by atoms with Crippen LogP contribution >= 0.6 is 0 Å². The number of carbonyl (C=O) groups is 1. The van der Waals surface area contributed by atoms with Crippen molar-refractivity contribution in [2.45, 2.75) is 12.5 Å². The lowest BCUT2D eigenvalue weighted by molar-refractivity contribution is -0.118. The summed E-state index contributed by atoms with van der Waals surface area (Å²) in [5, 5.41) is 2.66. The third-order valence-electron chi connectivity index (χ3n) is 2.46. The van der Waals surface area contributed by atoms with E-state index >= 15 is 0 Å². The number of nitrogens with one attached hydrogen (secondary N) is 2. The molecule has 1 aromatic carbocycles. The zero-order valence-corrected chi connectivity index (χ0v) is 12.2. The van der Waals surface area contributed by atoms with E-state index < -0.39 is 10.0 Å². The normalized spacial score (nSPS) is 12.8. The molecule has 0 bridgehead atoms. The first kappa shape index (κ1) is 16.4. The molecule has 0 heterocycles. The first-order valence-electron chi connectivity index (χ1n) is 5.94. The zero-order chi connectivity index (χ0) is 15.2. The summed E-state index contributed by atoms with van der Waals surface area (Å²) < 4.78 is 29.6. The van der Waals surface area contributed by atoms with E-state index in [9.17, 15) is 13.2 Å². The third-order valence-corrected chi connectivity index (χ3v) is 3.07. The number of rotatable bonds is 7. The minimum Gasteiger partial charge on any atom is -0.380 e. The van der Waals surface area contributed by atoms with Gasteiger partial charge in [0, 0.05) is 19.3 Å². The molecule has 0 fully saturated rings. The highest BCUT2D eigenvalue weighted by Crippen LogP contribution is 2.16. The van der Waals surface area contributed by atoms with E-state index in [-0.39, 0.29) is 25.0 Å². The molecule has 0 saturated heterocycles. The first-order valence-corrected chi connectivity index (χ1v) is 7.83. The molecule has 4 N–H and O–H groups in total. The van der Waals surface area contributed by atoms with Crippen LogP contribution in [-0.2, 0) is 19.6 Å². The van der Waals surface area contributed by atoms with Crippen LogP contribution in [0.3, 0.4) is 0 Å². The highest BCUT2D eigenvalue weighted by molar-refractivity contribution is 7.92. The molecule has 1 atom stereocenters. The monoisotopic (exact) mass is 301 g/mol. The molecule has 8 heteroatoms. The van der Waals surface area contributed by atoms with Gasteiger partial charge in [-0.1, -0.05) is 6.07 Å². The Kier molecular flexibility index (Phi) is 5.93. The predicted molar refractivity (Wildman–Crippen MR) is 78.0 cm³/mol. The van der Waals surface area contributed by atoms with Gasteiger partial charge in [-0.25, -0.2) is 8.42 Å². The number of nitrogens with two attached hydrogens (primary N) is 1. The Morgan fingerprint density at radius 3 is 2.60 bits per heavy atom. The summed E-state index contributed by atoms with van der Waals surface area (Å²) in [6, 6.07) is 6.42. The Hall–Kier alpha value is -1.64. The maximum absolute atomic E-state index is 11.8. The second kappa shape index (κ2) is 7.22. The van der Waals surface area contributed by atoms with Crippen molar-refractivity contribution in [1.29, 1.82) is 0 Å². The minimum atomic E-state index is -3.35. The van der Waals surface area contributed by atoms with Gasteiger partial charge in [-0.2, -0.15) is 0 Å². The second-order valence-corrected chi connectivity index (χ2v) is 6.05. The summed E-state index contributed by atoms with van der Waals surface area (Å²) >= 11 is 0. The van der Waals surface area contributed by atoms with E-state index in [1.165, 1.54) is 13.2 Å². The van der Waals surface area contributed by atoms with Crippen LogP contribution in [0.25, 0.3) is 0 Å². The van der Waals surface area contributed by atoms with Gasteiger partial charge < -0.3 is 15.8 Å². The highest BCUT2D eigenvalue weighted by Gasteiger charge is 2.12. The van der Waals surface area contributed by atoms with E-state index in [1.54, 1.807) is 18.2 Å². The molecule has 0 aromatic heterocycles. The predicted octanol–water partition coefficient (Wildman–Crippen LogP) is 0.360. The van der Waals surface area contributed by atoms with Crippen molar-refractivity contribution in [3.8, 4) is 0 Å². The average molecular weight is 301 g/mol. The Morgan fingerprint density at radius 1 is 1.40 bits per heavy atom. The molecule has 1 aromatic rings. The number of amides is 1. The number of carbonyl (C=O) groups excluding carboxylic acids is 1. The SMILES string of the molecule is COC(CN)CC(=O)Nc1cccc(NS(C)(=O)=O)c1. The van der Waals surface area contributed by atoms with Gasteiger partial charge in [-0.15, -0.1) is 0 Å². The number of hydrogen-bond acceptors (Lipinski definition) is 5. The Morgan fingerprint density at radius 2 is 2.05 bits per heavy atom. The third kappa shape index (κ3) is 6.00. The number of sulfonamides is 1. The van der Waals surface area contributed by atoms with Crippen molar-refractivity contribution in [3.05, 3.63) is 24.3 Å². The van der Waals surface area contributed by atoms with E-state index in [4.69, 9.17) is 10.5 Å². The summed E-state index contributed by atoms with van der Waals surface area (Å²) in [7, 11) is -1.86. The Labute approximate surface area is 118 Å². The Bertz CT molecular complexity index is 556. The lowest BCUT2D eigenvalue weighted by Crippen LogP contribution is -2.28. The van der Waals surface area contributed by atoms with E-state index in [2.05, 4.69) is 10.0 Å². The fourth-order valence-corrected chi connectivity index (χ4v) is 2.11. The van der Waals surface area contributed by atoms with Crippen molar-refractivity contribution < 1.29 is 17.9 Å². The van der Waals surface area contributed by atoms with Crippen LogP contribution in [0.5, 0.6) is 0 Å². The molecule has 1 unspecified atom stereocenters. The minimum absolute atomic E-state index is 0.136. The fourth-order valence-electron chi connectivity index (χ4n) is 1.56. The molecule has 0 spiro atoms. The van der Waals surface area contributed by atoms with Crippen LogP contribution in [-0.4, -0.2) is 40.3 Å². The standard InChI is InChI=1S/C12H19N3O4S/c1-19-11(8-13)7-12(16)14-9-4-3-5-10(6-9)15-20(2,17)18/h3-6,11,15H,7-8,13H2,1-2H3,(H,14,16). The summed E-state index contributed by atoms with van der Waals surface area (Å²) in [4.78, 5) is 11.8.